The first-order chi connectivity index (χ1) is 13.0. The predicted octanol–water partition coefficient (Wildman–Crippen LogP) is 1.63. The number of halogens is 1. The Morgan fingerprint density at radius 1 is 1.26 bits per heavy atom. The van der Waals surface area contributed by atoms with Gasteiger partial charge in [-0.25, -0.2) is 0 Å². The Morgan fingerprint density at radius 3 is 2.70 bits per heavy atom. The molecule has 0 spiro atoms. The van der Waals surface area contributed by atoms with Crippen LogP contribution >= 0.6 is 15.9 Å². The molecule has 0 bridgehead atoms. The normalized spacial score (nSPS) is 16.2. The van der Waals surface area contributed by atoms with Gasteiger partial charge in [0, 0.05) is 29.8 Å². The lowest BCUT2D eigenvalue weighted by atomic mass is 10.1. The summed E-state index contributed by atoms with van der Waals surface area (Å²) in [7, 11) is 1.55. The Hall–Kier alpha value is -2.68. The quantitative estimate of drug-likeness (QED) is 0.748. The predicted molar refractivity (Wildman–Crippen MR) is 103 cm³/mol. The van der Waals surface area contributed by atoms with E-state index in [1.807, 2.05) is 0 Å². The van der Waals surface area contributed by atoms with Crippen molar-refractivity contribution in [2.45, 2.75) is 25.4 Å². The molecular formula is C18H20BrN5O3. The van der Waals surface area contributed by atoms with Gasteiger partial charge in [-0.15, -0.1) is 0 Å². The maximum absolute atomic E-state index is 12.8. The van der Waals surface area contributed by atoms with Crippen molar-refractivity contribution in [1.82, 2.24) is 20.0 Å². The Labute approximate surface area is 165 Å². The highest BCUT2D eigenvalue weighted by Gasteiger charge is 2.34. The average molecular weight is 434 g/mol. The molecule has 2 heterocycles. The van der Waals surface area contributed by atoms with Crippen molar-refractivity contribution in [3.8, 4) is 0 Å². The van der Waals surface area contributed by atoms with E-state index in [9.17, 15) is 14.4 Å². The number of carbonyl (C=O) groups excluding carboxylic acids is 3. The minimum absolute atomic E-state index is 0.0734. The Bertz CT molecular complexity index is 849. The molecule has 3 amide bonds. The number of benzene rings is 1. The number of likely N-dealkylation sites (tertiary alicyclic amines) is 1. The molecule has 1 fully saturated rings. The second kappa shape index (κ2) is 8.34. The van der Waals surface area contributed by atoms with Crippen molar-refractivity contribution in [2.75, 3.05) is 18.9 Å². The van der Waals surface area contributed by atoms with Crippen LogP contribution in [0.15, 0.2) is 41.1 Å². The van der Waals surface area contributed by atoms with Crippen LogP contribution in [0.3, 0.4) is 0 Å². The van der Waals surface area contributed by atoms with Crippen LogP contribution in [0, 0.1) is 0 Å². The second-order valence-electron chi connectivity index (χ2n) is 6.25. The van der Waals surface area contributed by atoms with Crippen LogP contribution < -0.4 is 10.6 Å². The Balaban J connectivity index is 1.66. The lowest BCUT2D eigenvalue weighted by Gasteiger charge is -2.23. The van der Waals surface area contributed by atoms with Crippen LogP contribution in [0.25, 0.3) is 0 Å². The fraction of sp³-hybridized carbons (Fsp3) is 0.333. The van der Waals surface area contributed by atoms with Gasteiger partial charge in [0.05, 0.1) is 11.9 Å². The lowest BCUT2D eigenvalue weighted by molar-refractivity contribution is -0.121. The maximum atomic E-state index is 12.8. The summed E-state index contributed by atoms with van der Waals surface area (Å²) in [4.78, 5) is 38.4. The van der Waals surface area contributed by atoms with E-state index >= 15 is 0 Å². The molecule has 8 nitrogen and oxygen atoms in total. The maximum Gasteiger partial charge on any atom is 0.254 e. The zero-order chi connectivity index (χ0) is 19.4. The summed E-state index contributed by atoms with van der Waals surface area (Å²) in [5.41, 5.74) is 1.04. The van der Waals surface area contributed by atoms with Gasteiger partial charge in [-0.3, -0.25) is 19.1 Å². The highest BCUT2D eigenvalue weighted by atomic mass is 79.9. The van der Waals surface area contributed by atoms with Crippen molar-refractivity contribution in [3.05, 3.63) is 46.7 Å². The SMILES string of the molecule is CNC(=O)Cn1cc(NC(=O)C2CCCN2C(=O)c2ccc(Br)cc2)cn1. The number of hydrogen-bond acceptors (Lipinski definition) is 4. The number of nitrogens with zero attached hydrogens (tertiary/aromatic N) is 3. The minimum atomic E-state index is -0.525. The number of carbonyl (C=O) groups is 3. The number of rotatable bonds is 5. The van der Waals surface area contributed by atoms with Crippen molar-refractivity contribution in [3.63, 3.8) is 0 Å². The summed E-state index contributed by atoms with van der Waals surface area (Å²) in [6.45, 7) is 0.618. The fourth-order valence-electron chi connectivity index (χ4n) is 3.01. The van der Waals surface area contributed by atoms with Crippen LogP contribution in [-0.2, 0) is 16.1 Å². The first-order valence-electron chi connectivity index (χ1n) is 8.58. The molecule has 2 aromatic rings. The molecule has 1 aromatic heterocycles. The number of likely N-dealkylation sites (N-methyl/N-ethyl adjacent to an activating group) is 1. The monoisotopic (exact) mass is 433 g/mol. The summed E-state index contributed by atoms with van der Waals surface area (Å²) >= 11 is 3.35. The molecule has 1 unspecified atom stereocenters. The van der Waals surface area contributed by atoms with Crippen LogP contribution in [0.1, 0.15) is 23.2 Å². The summed E-state index contributed by atoms with van der Waals surface area (Å²) < 4.78 is 2.33. The Morgan fingerprint density at radius 2 is 2.00 bits per heavy atom. The van der Waals surface area contributed by atoms with E-state index in [-0.39, 0.29) is 24.3 Å². The molecule has 0 aliphatic carbocycles. The molecule has 142 valence electrons. The van der Waals surface area contributed by atoms with Crippen LogP contribution in [0.4, 0.5) is 5.69 Å². The van der Waals surface area contributed by atoms with E-state index in [1.165, 1.54) is 10.9 Å². The zero-order valence-electron chi connectivity index (χ0n) is 14.8. The van der Waals surface area contributed by atoms with Gasteiger partial charge in [0.1, 0.15) is 12.6 Å². The molecule has 1 saturated heterocycles. The minimum Gasteiger partial charge on any atom is -0.358 e. The topological polar surface area (TPSA) is 96.3 Å². The van der Waals surface area contributed by atoms with Gasteiger partial charge < -0.3 is 15.5 Å². The first kappa shape index (κ1) is 19.1. The summed E-state index contributed by atoms with van der Waals surface area (Å²) in [6, 6.07) is 6.56. The van der Waals surface area contributed by atoms with Crippen LogP contribution in [0.5, 0.6) is 0 Å². The zero-order valence-corrected chi connectivity index (χ0v) is 16.4. The fourth-order valence-corrected chi connectivity index (χ4v) is 3.27. The van der Waals surface area contributed by atoms with Crippen molar-refractivity contribution < 1.29 is 14.4 Å². The smallest absolute Gasteiger partial charge is 0.254 e. The molecule has 1 aliphatic rings. The third kappa shape index (κ3) is 4.54. The summed E-state index contributed by atoms with van der Waals surface area (Å²) in [6.07, 6.45) is 4.45. The molecule has 1 aromatic carbocycles. The van der Waals surface area contributed by atoms with E-state index in [4.69, 9.17) is 0 Å². The highest BCUT2D eigenvalue weighted by molar-refractivity contribution is 9.10. The molecule has 0 radical (unpaired) electrons. The third-order valence-corrected chi connectivity index (χ3v) is 4.92. The molecule has 27 heavy (non-hydrogen) atoms. The number of nitrogens with one attached hydrogen (secondary N) is 2. The molecule has 0 saturated carbocycles. The third-order valence-electron chi connectivity index (χ3n) is 4.39. The number of anilines is 1. The van der Waals surface area contributed by atoms with Gasteiger partial charge in [0.2, 0.25) is 11.8 Å². The summed E-state index contributed by atoms with van der Waals surface area (Å²) in [5.74, 6) is -0.592. The van der Waals surface area contributed by atoms with E-state index in [0.717, 1.165) is 10.9 Å². The van der Waals surface area contributed by atoms with Crippen molar-refractivity contribution in [1.29, 1.82) is 0 Å². The average Bonchev–Trinajstić information content (AvgIpc) is 3.31. The highest BCUT2D eigenvalue weighted by Crippen LogP contribution is 2.22. The lowest BCUT2D eigenvalue weighted by Crippen LogP contribution is -2.43. The Kier molecular flexibility index (Phi) is 5.90. The molecule has 9 heteroatoms. The van der Waals surface area contributed by atoms with Crippen molar-refractivity contribution >= 4 is 39.3 Å². The largest absolute Gasteiger partial charge is 0.358 e. The van der Waals surface area contributed by atoms with E-state index in [1.54, 1.807) is 42.4 Å². The molecule has 2 N–H and O–H groups in total. The molecular weight excluding hydrogens is 414 g/mol. The van der Waals surface area contributed by atoms with E-state index in [2.05, 4.69) is 31.7 Å². The van der Waals surface area contributed by atoms with Gasteiger partial charge in [-0.2, -0.15) is 5.10 Å². The molecule has 3 rings (SSSR count). The molecule has 1 aliphatic heterocycles. The first-order valence-corrected chi connectivity index (χ1v) is 9.37. The summed E-state index contributed by atoms with van der Waals surface area (Å²) in [5, 5.41) is 9.35. The van der Waals surface area contributed by atoms with E-state index in [0.29, 0.717) is 24.2 Å². The second-order valence-corrected chi connectivity index (χ2v) is 7.17. The van der Waals surface area contributed by atoms with Gasteiger partial charge in [0.15, 0.2) is 0 Å². The number of hydrogen-bond donors (Lipinski definition) is 2. The molecule has 1 atom stereocenters. The number of amides is 3. The van der Waals surface area contributed by atoms with Crippen LogP contribution in [0.2, 0.25) is 0 Å². The van der Waals surface area contributed by atoms with E-state index < -0.39 is 6.04 Å². The van der Waals surface area contributed by atoms with Crippen molar-refractivity contribution in [2.24, 2.45) is 0 Å². The van der Waals surface area contributed by atoms with Gasteiger partial charge in [-0.1, -0.05) is 15.9 Å². The van der Waals surface area contributed by atoms with Gasteiger partial charge in [-0.05, 0) is 37.1 Å². The van der Waals surface area contributed by atoms with Crippen LogP contribution in [-0.4, -0.2) is 52.0 Å². The van der Waals surface area contributed by atoms with Gasteiger partial charge >= 0.3 is 0 Å². The standard InChI is InChI=1S/C18H20BrN5O3/c1-20-16(25)11-23-10-14(9-21-23)22-17(26)15-3-2-8-24(15)18(27)12-4-6-13(19)7-5-12/h4-7,9-10,15H,2-3,8,11H2,1H3,(H,20,25)(H,22,26). The number of aromatic nitrogens is 2. The van der Waals surface area contributed by atoms with Gasteiger partial charge in [0.25, 0.3) is 5.91 Å².